The van der Waals surface area contributed by atoms with E-state index in [0.717, 1.165) is 0 Å². The van der Waals surface area contributed by atoms with Crippen LogP contribution >= 0.6 is 0 Å². The average Bonchev–Trinajstić information content (AvgIpc) is 2.08. The van der Waals surface area contributed by atoms with E-state index in [-0.39, 0.29) is 18.2 Å². The molecule has 0 aromatic rings. The minimum atomic E-state index is -0.846. The number of hydrogen-bond donors (Lipinski definition) is 1. The largest absolute Gasteiger partial charge is 0.457 e. The van der Waals surface area contributed by atoms with Gasteiger partial charge in [-0.1, -0.05) is 0 Å². The number of hydrogen-bond acceptors (Lipinski definition) is 5. The third-order valence-corrected chi connectivity index (χ3v) is 2.24. The summed E-state index contributed by atoms with van der Waals surface area (Å²) in [5.74, 6) is -0.371. The monoisotopic (exact) mass is 204 g/mol. The summed E-state index contributed by atoms with van der Waals surface area (Å²) in [7, 11) is 1.52. The molecular weight excluding hydrogens is 188 g/mol. The number of carbonyl (C=O) groups is 1. The number of aliphatic hydroxyl groups is 1. The maximum absolute atomic E-state index is 10.8. The van der Waals surface area contributed by atoms with Gasteiger partial charge in [0.15, 0.2) is 12.4 Å². The molecule has 1 fully saturated rings. The summed E-state index contributed by atoms with van der Waals surface area (Å²) in [6.45, 7) is 3.08. The second-order valence-electron chi connectivity index (χ2n) is 3.38. The summed E-state index contributed by atoms with van der Waals surface area (Å²) in [6, 6.07) is 0. The van der Waals surface area contributed by atoms with Crippen LogP contribution in [0.2, 0.25) is 0 Å². The Kier molecular flexibility index (Phi) is 3.86. The first-order chi connectivity index (χ1) is 6.54. The van der Waals surface area contributed by atoms with Crippen molar-refractivity contribution >= 4 is 5.97 Å². The molecule has 4 atom stereocenters. The molecule has 0 spiro atoms. The van der Waals surface area contributed by atoms with Gasteiger partial charge in [-0.2, -0.15) is 0 Å². The number of carbonyl (C=O) groups excluding carboxylic acids is 1. The van der Waals surface area contributed by atoms with E-state index < -0.39 is 12.4 Å². The van der Waals surface area contributed by atoms with Crippen molar-refractivity contribution in [1.82, 2.24) is 0 Å². The third-order valence-electron chi connectivity index (χ3n) is 2.24. The Labute approximate surface area is 82.9 Å². The van der Waals surface area contributed by atoms with Crippen LogP contribution in [0.4, 0.5) is 0 Å². The third kappa shape index (κ3) is 2.67. The predicted molar refractivity (Wildman–Crippen MR) is 47.5 cm³/mol. The van der Waals surface area contributed by atoms with Crippen molar-refractivity contribution in [3.05, 3.63) is 0 Å². The lowest BCUT2D eigenvalue weighted by Crippen LogP contribution is -2.49. The zero-order valence-corrected chi connectivity index (χ0v) is 8.60. The summed E-state index contributed by atoms with van der Waals surface area (Å²) >= 11 is 0. The first-order valence-corrected chi connectivity index (χ1v) is 4.58. The molecule has 14 heavy (non-hydrogen) atoms. The highest BCUT2D eigenvalue weighted by atomic mass is 16.6. The van der Waals surface area contributed by atoms with Crippen molar-refractivity contribution in [2.24, 2.45) is 0 Å². The summed E-state index contributed by atoms with van der Waals surface area (Å²) in [5, 5.41) is 9.29. The van der Waals surface area contributed by atoms with Crippen LogP contribution in [0.25, 0.3) is 0 Å². The Hall–Kier alpha value is -0.650. The predicted octanol–water partition coefficient (Wildman–Crippen LogP) is 0.0603. The number of esters is 1. The topological polar surface area (TPSA) is 65.0 Å². The molecule has 1 N–H and O–H groups in total. The standard InChI is InChI=1S/C9H16O5/c1-5-9(14-6(2)10)7(12-3)4-8(11)13-5/h5,7-9,11H,4H2,1-3H3/t5-,7-,8+,9+/m0/s1. The molecule has 0 unspecified atom stereocenters. The van der Waals surface area contributed by atoms with Crippen molar-refractivity contribution in [2.45, 2.75) is 44.9 Å². The fraction of sp³-hybridized carbons (Fsp3) is 0.889. The molecule has 5 heteroatoms. The van der Waals surface area contributed by atoms with Crippen LogP contribution in [-0.4, -0.2) is 42.8 Å². The Bertz CT molecular complexity index is 205. The molecule has 1 rings (SSSR count). The maximum Gasteiger partial charge on any atom is 0.303 e. The number of ether oxygens (including phenoxy) is 3. The summed E-state index contributed by atoms with van der Waals surface area (Å²) in [4.78, 5) is 10.8. The fourth-order valence-electron chi connectivity index (χ4n) is 1.61. The number of rotatable bonds is 2. The minimum absolute atomic E-state index is 0.308. The molecule has 0 aliphatic carbocycles. The zero-order valence-electron chi connectivity index (χ0n) is 8.60. The van der Waals surface area contributed by atoms with Gasteiger partial charge in [-0.15, -0.1) is 0 Å². The van der Waals surface area contributed by atoms with Crippen LogP contribution in [0.5, 0.6) is 0 Å². The van der Waals surface area contributed by atoms with E-state index in [1.165, 1.54) is 14.0 Å². The first kappa shape index (κ1) is 11.4. The highest BCUT2D eigenvalue weighted by molar-refractivity contribution is 5.66. The van der Waals surface area contributed by atoms with Gasteiger partial charge >= 0.3 is 5.97 Å². The van der Waals surface area contributed by atoms with Crippen molar-refractivity contribution in [2.75, 3.05) is 7.11 Å². The van der Waals surface area contributed by atoms with Gasteiger partial charge in [0.2, 0.25) is 0 Å². The van der Waals surface area contributed by atoms with Gasteiger partial charge in [0.1, 0.15) is 6.10 Å². The average molecular weight is 204 g/mol. The maximum atomic E-state index is 10.8. The van der Waals surface area contributed by atoms with Crippen molar-refractivity contribution < 1.29 is 24.1 Å². The van der Waals surface area contributed by atoms with Gasteiger partial charge < -0.3 is 19.3 Å². The van der Waals surface area contributed by atoms with E-state index in [9.17, 15) is 9.90 Å². The van der Waals surface area contributed by atoms with Gasteiger partial charge in [-0.25, -0.2) is 0 Å². The molecule has 0 bridgehead atoms. The van der Waals surface area contributed by atoms with Crippen molar-refractivity contribution in [1.29, 1.82) is 0 Å². The van der Waals surface area contributed by atoms with Crippen LogP contribution in [0.3, 0.4) is 0 Å². The van der Waals surface area contributed by atoms with Crippen LogP contribution in [0.1, 0.15) is 20.3 Å². The summed E-state index contributed by atoms with van der Waals surface area (Å²) in [6.07, 6.45) is -1.63. The van der Waals surface area contributed by atoms with Crippen LogP contribution in [0, 0.1) is 0 Å². The second kappa shape index (κ2) is 4.72. The lowest BCUT2D eigenvalue weighted by atomic mass is 10.0. The fourth-order valence-corrected chi connectivity index (χ4v) is 1.61. The highest BCUT2D eigenvalue weighted by Gasteiger charge is 2.38. The number of aliphatic hydroxyl groups excluding tert-OH is 1. The number of methoxy groups -OCH3 is 1. The van der Waals surface area contributed by atoms with Gasteiger partial charge in [0.05, 0.1) is 6.10 Å². The highest BCUT2D eigenvalue weighted by Crippen LogP contribution is 2.23. The molecule has 1 aliphatic rings. The molecule has 1 aliphatic heterocycles. The SMILES string of the molecule is CO[C@H]1C[C@H](O)O[C@@H](C)[C@H]1OC(C)=O. The molecule has 0 aromatic carbocycles. The first-order valence-electron chi connectivity index (χ1n) is 4.58. The molecule has 82 valence electrons. The quantitative estimate of drug-likeness (QED) is 0.644. The van der Waals surface area contributed by atoms with E-state index >= 15 is 0 Å². The van der Waals surface area contributed by atoms with Gasteiger partial charge in [-0.05, 0) is 6.92 Å². The van der Waals surface area contributed by atoms with Gasteiger partial charge in [0.25, 0.3) is 0 Å². The van der Waals surface area contributed by atoms with Crippen molar-refractivity contribution in [3.8, 4) is 0 Å². The molecule has 0 radical (unpaired) electrons. The lowest BCUT2D eigenvalue weighted by molar-refractivity contribution is -0.239. The minimum Gasteiger partial charge on any atom is -0.457 e. The van der Waals surface area contributed by atoms with Gasteiger partial charge in [-0.3, -0.25) is 4.79 Å². The van der Waals surface area contributed by atoms with E-state index in [2.05, 4.69) is 0 Å². The lowest BCUT2D eigenvalue weighted by Gasteiger charge is -2.37. The molecule has 1 heterocycles. The smallest absolute Gasteiger partial charge is 0.303 e. The van der Waals surface area contributed by atoms with E-state index in [4.69, 9.17) is 14.2 Å². The van der Waals surface area contributed by atoms with Crippen LogP contribution < -0.4 is 0 Å². The molecule has 0 aromatic heterocycles. The second-order valence-corrected chi connectivity index (χ2v) is 3.38. The molecule has 0 amide bonds. The Balaban J connectivity index is 2.63. The van der Waals surface area contributed by atoms with E-state index in [1.54, 1.807) is 6.92 Å². The molecule has 0 saturated carbocycles. The summed E-state index contributed by atoms with van der Waals surface area (Å²) in [5.41, 5.74) is 0. The molecule has 1 saturated heterocycles. The van der Waals surface area contributed by atoms with Gasteiger partial charge in [0, 0.05) is 20.5 Å². The van der Waals surface area contributed by atoms with Crippen LogP contribution in [-0.2, 0) is 19.0 Å². The molecule has 5 nitrogen and oxygen atoms in total. The van der Waals surface area contributed by atoms with E-state index in [1.807, 2.05) is 0 Å². The van der Waals surface area contributed by atoms with E-state index in [0.29, 0.717) is 6.42 Å². The normalized spacial score (nSPS) is 38.0. The Morgan fingerprint density at radius 1 is 1.57 bits per heavy atom. The Morgan fingerprint density at radius 3 is 2.71 bits per heavy atom. The van der Waals surface area contributed by atoms with Crippen molar-refractivity contribution in [3.63, 3.8) is 0 Å². The van der Waals surface area contributed by atoms with Crippen LogP contribution in [0.15, 0.2) is 0 Å². The summed E-state index contributed by atoms with van der Waals surface area (Å²) < 4.78 is 15.3. The Morgan fingerprint density at radius 2 is 2.21 bits per heavy atom. The molecular formula is C9H16O5. The zero-order chi connectivity index (χ0) is 10.7.